The highest BCUT2D eigenvalue weighted by molar-refractivity contribution is 7.89. The summed E-state index contributed by atoms with van der Waals surface area (Å²) in [6.07, 6.45) is 1.60. The minimum Gasteiger partial charge on any atom is -0.478 e. The van der Waals surface area contributed by atoms with Gasteiger partial charge in [0.2, 0.25) is 10.0 Å². The number of carboxylic acids is 1. The second-order valence-corrected chi connectivity index (χ2v) is 7.53. The van der Waals surface area contributed by atoms with Crippen molar-refractivity contribution in [3.63, 3.8) is 0 Å². The van der Waals surface area contributed by atoms with E-state index in [-0.39, 0.29) is 21.5 Å². The number of hydrogen-bond donors (Lipinski definition) is 2. The molecule has 1 atom stereocenters. The first kappa shape index (κ1) is 17.9. The van der Waals surface area contributed by atoms with Gasteiger partial charge in [-0.15, -0.1) is 0 Å². The molecule has 118 valence electrons. The smallest absolute Gasteiger partial charge is 0.335 e. The molecule has 7 heteroatoms. The van der Waals surface area contributed by atoms with Gasteiger partial charge in [0.05, 0.1) is 10.6 Å². The maximum Gasteiger partial charge on any atom is 0.335 e. The first-order valence-corrected chi connectivity index (χ1v) is 8.54. The summed E-state index contributed by atoms with van der Waals surface area (Å²) >= 11 is 5.88. The summed E-state index contributed by atoms with van der Waals surface area (Å²) in [4.78, 5) is 10.7. The van der Waals surface area contributed by atoms with Crippen LogP contribution in [0.2, 0.25) is 5.02 Å². The summed E-state index contributed by atoms with van der Waals surface area (Å²) < 4.78 is 27.1. The van der Waals surface area contributed by atoms with Gasteiger partial charge < -0.3 is 5.11 Å². The van der Waals surface area contributed by atoms with E-state index >= 15 is 0 Å². The lowest BCUT2D eigenvalue weighted by Gasteiger charge is -2.16. The van der Waals surface area contributed by atoms with Gasteiger partial charge in [0.25, 0.3) is 0 Å². The first-order chi connectivity index (χ1) is 9.63. The van der Waals surface area contributed by atoms with Crippen molar-refractivity contribution in [3.05, 3.63) is 28.8 Å². The molecule has 0 aliphatic carbocycles. The molecule has 0 aromatic heterocycles. The largest absolute Gasteiger partial charge is 0.478 e. The Morgan fingerprint density at radius 2 is 1.90 bits per heavy atom. The average Bonchev–Trinajstić information content (AvgIpc) is 2.35. The third-order valence-electron chi connectivity index (χ3n) is 3.00. The molecule has 0 saturated heterocycles. The minimum atomic E-state index is -3.84. The van der Waals surface area contributed by atoms with E-state index in [4.69, 9.17) is 16.7 Å². The molecule has 0 aliphatic rings. The number of sulfonamides is 1. The number of rotatable bonds is 7. The van der Waals surface area contributed by atoms with Crippen LogP contribution in [-0.2, 0) is 10.0 Å². The number of carboxylic acid groups (broad SMARTS) is 1. The highest BCUT2D eigenvalue weighted by atomic mass is 35.5. The molecule has 0 heterocycles. The zero-order valence-electron chi connectivity index (χ0n) is 12.3. The van der Waals surface area contributed by atoms with E-state index in [9.17, 15) is 13.2 Å². The number of carbonyl (C=O) groups is 1. The van der Waals surface area contributed by atoms with Crippen LogP contribution in [-0.4, -0.2) is 25.5 Å². The summed E-state index contributed by atoms with van der Waals surface area (Å²) in [5.41, 5.74) is -0.116. The van der Waals surface area contributed by atoms with E-state index in [1.807, 2.05) is 0 Å². The number of nitrogens with one attached hydrogen (secondary N) is 1. The predicted octanol–water partition coefficient (Wildman–Crippen LogP) is 3.14. The van der Waals surface area contributed by atoms with Crippen molar-refractivity contribution in [1.29, 1.82) is 0 Å². The molecule has 2 N–H and O–H groups in total. The van der Waals surface area contributed by atoms with Crippen molar-refractivity contribution in [1.82, 2.24) is 4.72 Å². The Hall–Kier alpha value is -1.11. The zero-order valence-corrected chi connectivity index (χ0v) is 13.8. The SMILES string of the molecule is CC(C)CCC(C)NS(=O)(=O)c1cc(C(=O)O)ccc1Cl. The van der Waals surface area contributed by atoms with Gasteiger partial charge in [-0.2, -0.15) is 0 Å². The maximum atomic E-state index is 12.3. The molecule has 0 spiro atoms. The van der Waals surface area contributed by atoms with Gasteiger partial charge in [0.1, 0.15) is 4.90 Å². The fraction of sp³-hybridized carbons (Fsp3) is 0.500. The summed E-state index contributed by atoms with van der Waals surface area (Å²) in [6, 6.07) is 3.37. The highest BCUT2D eigenvalue weighted by Crippen LogP contribution is 2.23. The van der Waals surface area contributed by atoms with Gasteiger partial charge in [0, 0.05) is 6.04 Å². The van der Waals surface area contributed by atoms with E-state index in [1.54, 1.807) is 6.92 Å². The fourth-order valence-electron chi connectivity index (χ4n) is 1.81. The van der Waals surface area contributed by atoms with Gasteiger partial charge in [-0.1, -0.05) is 25.4 Å². The van der Waals surface area contributed by atoms with E-state index in [0.717, 1.165) is 12.5 Å². The number of halogens is 1. The molecule has 0 amide bonds. The lowest BCUT2D eigenvalue weighted by molar-refractivity contribution is 0.0696. The molecule has 0 radical (unpaired) electrons. The normalized spacial score (nSPS) is 13.4. The second kappa shape index (κ2) is 7.24. The van der Waals surface area contributed by atoms with Crippen molar-refractivity contribution in [3.8, 4) is 0 Å². The van der Waals surface area contributed by atoms with E-state index < -0.39 is 16.0 Å². The highest BCUT2D eigenvalue weighted by Gasteiger charge is 2.22. The lowest BCUT2D eigenvalue weighted by Crippen LogP contribution is -2.33. The van der Waals surface area contributed by atoms with Gasteiger partial charge in [-0.3, -0.25) is 0 Å². The van der Waals surface area contributed by atoms with E-state index in [1.165, 1.54) is 12.1 Å². The van der Waals surface area contributed by atoms with Crippen LogP contribution in [0.4, 0.5) is 0 Å². The van der Waals surface area contributed by atoms with Crippen LogP contribution in [0, 0.1) is 5.92 Å². The van der Waals surface area contributed by atoms with Crippen LogP contribution in [0.1, 0.15) is 44.0 Å². The zero-order chi connectivity index (χ0) is 16.2. The van der Waals surface area contributed by atoms with Crippen molar-refractivity contribution in [2.75, 3.05) is 0 Å². The molecule has 1 unspecified atom stereocenters. The molecule has 1 aromatic carbocycles. The molecule has 21 heavy (non-hydrogen) atoms. The number of aromatic carboxylic acids is 1. The molecule has 0 saturated carbocycles. The second-order valence-electron chi connectivity index (χ2n) is 5.44. The lowest BCUT2D eigenvalue weighted by atomic mass is 10.1. The molecule has 0 aliphatic heterocycles. The molecule has 0 fully saturated rings. The fourth-order valence-corrected chi connectivity index (χ4v) is 3.62. The van der Waals surface area contributed by atoms with Crippen LogP contribution in [0.15, 0.2) is 23.1 Å². The van der Waals surface area contributed by atoms with Gasteiger partial charge in [0.15, 0.2) is 0 Å². The summed E-state index contributed by atoms with van der Waals surface area (Å²) in [6.45, 7) is 5.90. The van der Waals surface area contributed by atoms with Gasteiger partial charge in [-0.25, -0.2) is 17.9 Å². The number of hydrogen-bond acceptors (Lipinski definition) is 3. The molecule has 1 aromatic rings. The maximum absolute atomic E-state index is 12.3. The Balaban J connectivity index is 2.97. The van der Waals surface area contributed by atoms with Crippen molar-refractivity contribution < 1.29 is 18.3 Å². The van der Waals surface area contributed by atoms with Crippen molar-refractivity contribution in [2.24, 2.45) is 5.92 Å². The van der Waals surface area contributed by atoms with Crippen LogP contribution >= 0.6 is 11.6 Å². The van der Waals surface area contributed by atoms with Crippen LogP contribution < -0.4 is 4.72 Å². The topological polar surface area (TPSA) is 83.5 Å². The summed E-state index contributed by atoms with van der Waals surface area (Å²) in [5.74, 6) is -0.716. The number of benzene rings is 1. The van der Waals surface area contributed by atoms with Gasteiger partial charge >= 0.3 is 5.97 Å². The summed E-state index contributed by atoms with van der Waals surface area (Å²) in [7, 11) is -3.84. The Morgan fingerprint density at radius 1 is 1.29 bits per heavy atom. The van der Waals surface area contributed by atoms with Crippen LogP contribution in [0.3, 0.4) is 0 Å². The standard InChI is InChI=1S/C14H20ClNO4S/c1-9(2)4-5-10(3)16-21(19,20)13-8-11(14(17)18)6-7-12(13)15/h6-10,16H,4-5H2,1-3H3,(H,17,18). The third-order valence-corrected chi connectivity index (χ3v) is 5.07. The van der Waals surface area contributed by atoms with E-state index in [2.05, 4.69) is 18.6 Å². The third kappa shape index (κ3) is 5.30. The van der Waals surface area contributed by atoms with Crippen LogP contribution in [0.25, 0.3) is 0 Å². The molecule has 5 nitrogen and oxygen atoms in total. The minimum absolute atomic E-state index is 0.00330. The molecule has 0 bridgehead atoms. The monoisotopic (exact) mass is 333 g/mol. The molecular weight excluding hydrogens is 314 g/mol. The molecular formula is C14H20ClNO4S. The van der Waals surface area contributed by atoms with Crippen molar-refractivity contribution >= 4 is 27.6 Å². The summed E-state index contributed by atoms with van der Waals surface area (Å²) in [5, 5.41) is 8.94. The Kier molecular flexibility index (Phi) is 6.19. The quantitative estimate of drug-likeness (QED) is 0.803. The van der Waals surface area contributed by atoms with E-state index in [0.29, 0.717) is 12.3 Å². The Morgan fingerprint density at radius 3 is 2.43 bits per heavy atom. The molecule has 1 rings (SSSR count). The first-order valence-electron chi connectivity index (χ1n) is 6.68. The Labute approximate surface area is 130 Å². The Bertz CT molecular complexity index is 613. The van der Waals surface area contributed by atoms with Crippen LogP contribution in [0.5, 0.6) is 0 Å². The predicted molar refractivity (Wildman–Crippen MR) is 82.3 cm³/mol. The van der Waals surface area contributed by atoms with Crippen molar-refractivity contribution in [2.45, 2.75) is 44.6 Å². The average molecular weight is 334 g/mol. The van der Waals surface area contributed by atoms with Gasteiger partial charge in [-0.05, 0) is 43.9 Å².